The molecule has 0 saturated carbocycles. The number of hydrogen-bond donors (Lipinski definition) is 0. The fraction of sp³-hybridized carbons (Fsp3) is 0.800. The van der Waals surface area contributed by atoms with E-state index >= 15 is 0 Å². The average Bonchev–Trinajstić information content (AvgIpc) is 1.65. The van der Waals surface area contributed by atoms with Crippen molar-refractivity contribution in [2.45, 2.75) is 13.8 Å². The van der Waals surface area contributed by atoms with Crippen LogP contribution in [0.3, 0.4) is 0 Å². The Kier molecular flexibility index (Phi) is 9.68. The Labute approximate surface area is 56.6 Å². The fourth-order valence-electron chi connectivity index (χ4n) is 0.224. The van der Waals surface area contributed by atoms with Crippen LogP contribution in [0.25, 0.3) is 0 Å². The molecule has 0 spiro atoms. The van der Waals surface area contributed by atoms with E-state index in [1.807, 2.05) is 4.90 Å². The monoisotopic (exact) mass is 149 g/mol. The van der Waals surface area contributed by atoms with Gasteiger partial charge in [-0.2, -0.15) is 0 Å². The van der Waals surface area contributed by atoms with Crippen LogP contribution in [0.15, 0.2) is 0 Å². The van der Waals surface area contributed by atoms with Crippen molar-refractivity contribution in [3.05, 3.63) is 7.05 Å². The largest absolute Gasteiger partial charge is 1.00 e. The van der Waals surface area contributed by atoms with Crippen LogP contribution in [0.4, 0.5) is 0 Å². The van der Waals surface area contributed by atoms with Gasteiger partial charge in [0.1, 0.15) is 0 Å². The number of hydrogen-bond acceptors (Lipinski definition) is 1. The summed E-state index contributed by atoms with van der Waals surface area (Å²) in [5.41, 5.74) is 0. The normalized spacial score (nSPS) is 8.57. The van der Waals surface area contributed by atoms with Gasteiger partial charge >= 0.3 is 17.1 Å². The summed E-state index contributed by atoms with van der Waals surface area (Å²) in [6, 6.07) is 0. The van der Waals surface area contributed by atoms with Gasteiger partial charge in [-0.05, 0) is 13.1 Å². The molecule has 0 aliphatic rings. The first-order chi connectivity index (χ1) is 2.81. The van der Waals surface area contributed by atoms with Gasteiger partial charge in [0.2, 0.25) is 0 Å². The van der Waals surface area contributed by atoms with Crippen LogP contribution >= 0.6 is 0 Å². The standard InChI is InChI=1S/C5H12N.Cu/c1-4-6(3)5-2;/h3-5H2,1-2H3;/q-1;+1. The summed E-state index contributed by atoms with van der Waals surface area (Å²) >= 11 is 0. The van der Waals surface area contributed by atoms with E-state index in [0.717, 1.165) is 13.1 Å². The summed E-state index contributed by atoms with van der Waals surface area (Å²) < 4.78 is 0. The molecule has 1 nitrogen and oxygen atoms in total. The molecule has 0 saturated heterocycles. The quantitative estimate of drug-likeness (QED) is 0.420. The molecule has 0 bridgehead atoms. The first kappa shape index (κ1) is 10.5. The first-order valence-corrected chi connectivity index (χ1v) is 2.36. The zero-order valence-electron chi connectivity index (χ0n) is 4.87. The molecular formula is C5H12CuN. The molecule has 0 atom stereocenters. The van der Waals surface area contributed by atoms with E-state index in [9.17, 15) is 0 Å². The summed E-state index contributed by atoms with van der Waals surface area (Å²) in [7, 11) is 3.71. The predicted molar refractivity (Wildman–Crippen MR) is 28.3 cm³/mol. The number of nitrogens with zero attached hydrogens (tertiary/aromatic N) is 1. The molecule has 0 aliphatic heterocycles. The minimum absolute atomic E-state index is 0. The van der Waals surface area contributed by atoms with Crippen molar-refractivity contribution in [2.75, 3.05) is 13.1 Å². The molecular weight excluding hydrogens is 138 g/mol. The molecule has 0 amide bonds. The van der Waals surface area contributed by atoms with Crippen LogP contribution in [0.5, 0.6) is 0 Å². The van der Waals surface area contributed by atoms with Gasteiger partial charge in [0.15, 0.2) is 0 Å². The maximum Gasteiger partial charge on any atom is 1.00 e. The van der Waals surface area contributed by atoms with E-state index in [1.165, 1.54) is 0 Å². The number of rotatable bonds is 2. The Morgan fingerprint density at radius 3 is 1.57 bits per heavy atom. The molecule has 0 aromatic rings. The minimum atomic E-state index is 0. The van der Waals surface area contributed by atoms with Crippen LogP contribution < -0.4 is 0 Å². The summed E-state index contributed by atoms with van der Waals surface area (Å²) in [5.74, 6) is 0. The van der Waals surface area contributed by atoms with Crippen LogP contribution in [0, 0.1) is 7.05 Å². The van der Waals surface area contributed by atoms with Gasteiger partial charge in [-0.1, -0.05) is 13.8 Å². The van der Waals surface area contributed by atoms with E-state index in [-0.39, 0.29) is 17.1 Å². The van der Waals surface area contributed by atoms with Gasteiger partial charge in [0.05, 0.1) is 0 Å². The molecule has 0 fully saturated rings. The Morgan fingerprint density at radius 2 is 1.57 bits per heavy atom. The van der Waals surface area contributed by atoms with E-state index < -0.39 is 0 Å². The maximum atomic E-state index is 3.71. The predicted octanol–water partition coefficient (Wildman–Crippen LogP) is 1.12. The molecule has 0 unspecified atom stereocenters. The molecule has 0 aromatic carbocycles. The van der Waals surface area contributed by atoms with E-state index in [4.69, 9.17) is 0 Å². The van der Waals surface area contributed by atoms with Crippen LogP contribution in [-0.2, 0) is 17.1 Å². The third kappa shape index (κ3) is 6.48. The second-order valence-electron chi connectivity index (χ2n) is 1.30. The Morgan fingerprint density at radius 1 is 1.29 bits per heavy atom. The van der Waals surface area contributed by atoms with Crippen molar-refractivity contribution >= 4 is 0 Å². The van der Waals surface area contributed by atoms with Crippen molar-refractivity contribution < 1.29 is 17.1 Å². The van der Waals surface area contributed by atoms with Gasteiger partial charge < -0.3 is 4.90 Å². The van der Waals surface area contributed by atoms with Crippen molar-refractivity contribution in [1.82, 2.24) is 4.90 Å². The third-order valence-electron chi connectivity index (χ3n) is 0.894. The topological polar surface area (TPSA) is 3.24 Å². The van der Waals surface area contributed by atoms with Gasteiger partial charge in [0.25, 0.3) is 0 Å². The fourth-order valence-corrected chi connectivity index (χ4v) is 0.224. The van der Waals surface area contributed by atoms with Crippen LogP contribution in [0.1, 0.15) is 13.8 Å². The second kappa shape index (κ2) is 6.48. The van der Waals surface area contributed by atoms with Crippen LogP contribution in [0.2, 0.25) is 0 Å². The molecule has 0 N–H and O–H groups in total. The smallest absolute Gasteiger partial charge is 0.460 e. The van der Waals surface area contributed by atoms with E-state index in [1.54, 1.807) is 0 Å². The van der Waals surface area contributed by atoms with Crippen molar-refractivity contribution in [3.63, 3.8) is 0 Å². The van der Waals surface area contributed by atoms with Crippen molar-refractivity contribution in [2.24, 2.45) is 0 Å². The SMILES string of the molecule is [CH2-]N(CC)CC.[Cu+]. The van der Waals surface area contributed by atoms with Crippen LogP contribution in [-0.4, -0.2) is 18.0 Å². The molecule has 48 valence electrons. The molecule has 0 rings (SSSR count). The van der Waals surface area contributed by atoms with Gasteiger partial charge in [-0.15, -0.1) is 0 Å². The molecule has 0 aliphatic carbocycles. The third-order valence-corrected chi connectivity index (χ3v) is 0.894. The molecule has 2 heteroatoms. The molecule has 7 heavy (non-hydrogen) atoms. The Hall–Kier alpha value is 0.479. The average molecular weight is 150 g/mol. The van der Waals surface area contributed by atoms with Gasteiger partial charge in [0, 0.05) is 0 Å². The zero-order chi connectivity index (χ0) is 4.99. The summed E-state index contributed by atoms with van der Waals surface area (Å²) in [5, 5.41) is 0. The first-order valence-electron chi connectivity index (χ1n) is 2.36. The Balaban J connectivity index is 0. The van der Waals surface area contributed by atoms with E-state index in [2.05, 4.69) is 20.9 Å². The van der Waals surface area contributed by atoms with Crippen molar-refractivity contribution in [1.29, 1.82) is 0 Å². The maximum absolute atomic E-state index is 3.71. The van der Waals surface area contributed by atoms with E-state index in [0.29, 0.717) is 0 Å². The second-order valence-corrected chi connectivity index (χ2v) is 1.30. The van der Waals surface area contributed by atoms with Gasteiger partial charge in [-0.25, -0.2) is 0 Å². The zero-order valence-corrected chi connectivity index (χ0v) is 5.81. The summed E-state index contributed by atoms with van der Waals surface area (Å²) in [6.07, 6.45) is 0. The minimum Gasteiger partial charge on any atom is -0.460 e. The summed E-state index contributed by atoms with van der Waals surface area (Å²) in [6.45, 7) is 6.29. The molecule has 0 heterocycles. The molecule has 0 aromatic heterocycles. The van der Waals surface area contributed by atoms with Crippen molar-refractivity contribution in [3.8, 4) is 0 Å². The summed E-state index contributed by atoms with van der Waals surface area (Å²) in [4.78, 5) is 2.00. The van der Waals surface area contributed by atoms with Gasteiger partial charge in [-0.3, -0.25) is 7.05 Å². The molecule has 0 radical (unpaired) electrons. The Bertz CT molecular complexity index is 27.3.